The average Bonchev–Trinajstić information content (AvgIpc) is 3.20. The number of nitrogens with zero attached hydrogens (tertiary/aromatic N) is 5. The smallest absolute Gasteiger partial charge is 0.309 e. The lowest BCUT2D eigenvalue weighted by Gasteiger charge is -2.30. The number of carbonyl (C=O) groups is 2. The van der Waals surface area contributed by atoms with E-state index in [0.717, 1.165) is 0 Å². The van der Waals surface area contributed by atoms with Crippen LogP contribution in [0.5, 0.6) is 0 Å². The Bertz CT molecular complexity index is 800. The van der Waals surface area contributed by atoms with Crippen molar-refractivity contribution in [3.8, 4) is 0 Å². The number of rotatable bonds is 5. The maximum Gasteiger partial charge on any atom is 0.309 e. The van der Waals surface area contributed by atoms with Gasteiger partial charge in [-0.25, -0.2) is 0 Å². The molecule has 0 spiro atoms. The lowest BCUT2D eigenvalue weighted by Crippen LogP contribution is -2.40. The largest absolute Gasteiger partial charge is 0.459 e. The molecule has 0 saturated carbocycles. The van der Waals surface area contributed by atoms with E-state index in [0.29, 0.717) is 43.5 Å². The minimum absolute atomic E-state index is 0.0715. The standard InChI is InChI=1S/C17H22N6O4/c1-22(2)17-20-13(19-16(18)21-17)10-27-15(25)11-5-7-23(8-6-11)14(24)12-4-3-9-26-12/h3-4,9,11H,5-8,10H2,1-2H3,(H2,18,19,20,21). The predicted molar refractivity (Wildman–Crippen MR) is 95.7 cm³/mol. The molecular weight excluding hydrogens is 352 g/mol. The second-order valence-electron chi connectivity index (χ2n) is 6.46. The van der Waals surface area contributed by atoms with Crippen LogP contribution in [0.3, 0.4) is 0 Å². The average molecular weight is 374 g/mol. The summed E-state index contributed by atoms with van der Waals surface area (Å²) in [7, 11) is 3.56. The first-order valence-electron chi connectivity index (χ1n) is 8.61. The second-order valence-corrected chi connectivity index (χ2v) is 6.46. The normalized spacial score (nSPS) is 14.8. The fraction of sp³-hybridized carbons (Fsp3) is 0.471. The van der Waals surface area contributed by atoms with E-state index in [1.165, 1.54) is 6.26 Å². The van der Waals surface area contributed by atoms with E-state index in [-0.39, 0.29) is 30.3 Å². The topological polar surface area (TPSA) is 128 Å². The minimum Gasteiger partial charge on any atom is -0.459 e. The molecule has 1 fully saturated rings. The van der Waals surface area contributed by atoms with Crippen LogP contribution in [0.15, 0.2) is 22.8 Å². The summed E-state index contributed by atoms with van der Waals surface area (Å²) in [6.45, 7) is 0.878. The Balaban J connectivity index is 1.51. The van der Waals surface area contributed by atoms with Crippen molar-refractivity contribution >= 4 is 23.8 Å². The van der Waals surface area contributed by atoms with Crippen molar-refractivity contribution in [2.45, 2.75) is 19.4 Å². The molecule has 2 aromatic rings. The molecule has 0 bridgehead atoms. The summed E-state index contributed by atoms with van der Waals surface area (Å²) in [4.78, 5) is 40.1. The Labute approximate surface area is 156 Å². The number of ether oxygens (including phenoxy) is 1. The third-order valence-corrected chi connectivity index (χ3v) is 4.28. The van der Waals surface area contributed by atoms with Crippen LogP contribution in [0.2, 0.25) is 0 Å². The minimum atomic E-state index is -0.328. The van der Waals surface area contributed by atoms with Gasteiger partial charge in [-0.2, -0.15) is 15.0 Å². The number of carbonyl (C=O) groups excluding carboxylic acids is 2. The van der Waals surface area contributed by atoms with E-state index >= 15 is 0 Å². The highest BCUT2D eigenvalue weighted by atomic mass is 16.5. The van der Waals surface area contributed by atoms with Crippen molar-refractivity contribution in [2.75, 3.05) is 37.8 Å². The number of nitrogens with two attached hydrogens (primary N) is 1. The van der Waals surface area contributed by atoms with E-state index in [2.05, 4.69) is 15.0 Å². The highest BCUT2D eigenvalue weighted by molar-refractivity contribution is 5.91. The number of hydrogen-bond donors (Lipinski definition) is 1. The SMILES string of the molecule is CN(C)c1nc(N)nc(COC(=O)C2CCN(C(=O)c3ccco3)CC2)n1. The third kappa shape index (κ3) is 4.52. The van der Waals surface area contributed by atoms with Crippen molar-refractivity contribution in [2.24, 2.45) is 5.92 Å². The van der Waals surface area contributed by atoms with E-state index in [9.17, 15) is 9.59 Å². The van der Waals surface area contributed by atoms with E-state index < -0.39 is 0 Å². The Morgan fingerprint density at radius 2 is 2.04 bits per heavy atom. The summed E-state index contributed by atoms with van der Waals surface area (Å²) in [6.07, 6.45) is 2.54. The van der Waals surface area contributed by atoms with E-state index in [4.69, 9.17) is 14.9 Å². The van der Waals surface area contributed by atoms with Gasteiger partial charge in [0.15, 0.2) is 18.2 Å². The number of hydrogen-bond acceptors (Lipinski definition) is 9. The van der Waals surface area contributed by atoms with Crippen molar-refractivity contribution in [1.82, 2.24) is 19.9 Å². The lowest BCUT2D eigenvalue weighted by atomic mass is 9.97. The monoisotopic (exact) mass is 374 g/mol. The molecule has 144 valence electrons. The zero-order chi connectivity index (χ0) is 19.4. The molecule has 2 aromatic heterocycles. The highest BCUT2D eigenvalue weighted by Gasteiger charge is 2.29. The fourth-order valence-corrected chi connectivity index (χ4v) is 2.82. The molecular formula is C17H22N6O4. The molecule has 0 aromatic carbocycles. The molecule has 1 aliphatic rings. The quantitative estimate of drug-likeness (QED) is 0.752. The van der Waals surface area contributed by atoms with Gasteiger partial charge in [-0.3, -0.25) is 9.59 Å². The highest BCUT2D eigenvalue weighted by Crippen LogP contribution is 2.21. The summed E-state index contributed by atoms with van der Waals surface area (Å²) in [5.41, 5.74) is 5.66. The first-order valence-corrected chi connectivity index (χ1v) is 8.61. The van der Waals surface area contributed by atoms with Crippen LogP contribution in [0.25, 0.3) is 0 Å². The summed E-state index contributed by atoms with van der Waals surface area (Å²) >= 11 is 0. The summed E-state index contributed by atoms with van der Waals surface area (Å²) < 4.78 is 10.5. The number of aromatic nitrogens is 3. The predicted octanol–water partition coefficient (Wildman–Crippen LogP) is 0.708. The number of amides is 1. The molecule has 27 heavy (non-hydrogen) atoms. The first kappa shape index (κ1) is 18.6. The summed E-state index contributed by atoms with van der Waals surface area (Å²) in [5.74, 6) is 0.320. The van der Waals surface area contributed by atoms with Crippen LogP contribution < -0.4 is 10.6 Å². The van der Waals surface area contributed by atoms with Gasteiger partial charge < -0.3 is 24.7 Å². The molecule has 0 radical (unpaired) electrons. The summed E-state index contributed by atoms with van der Waals surface area (Å²) in [5, 5.41) is 0. The van der Waals surface area contributed by atoms with Crippen molar-refractivity contribution in [1.29, 1.82) is 0 Å². The molecule has 2 N–H and O–H groups in total. The fourth-order valence-electron chi connectivity index (χ4n) is 2.82. The van der Waals surface area contributed by atoms with Crippen LogP contribution in [0, 0.1) is 5.92 Å². The van der Waals surface area contributed by atoms with Crippen molar-refractivity contribution in [3.63, 3.8) is 0 Å². The molecule has 1 aliphatic heterocycles. The van der Waals surface area contributed by atoms with Crippen LogP contribution in [0.1, 0.15) is 29.2 Å². The van der Waals surface area contributed by atoms with Crippen molar-refractivity contribution in [3.05, 3.63) is 30.0 Å². The van der Waals surface area contributed by atoms with Gasteiger partial charge in [0.05, 0.1) is 12.2 Å². The molecule has 0 aliphatic carbocycles. The molecule has 0 unspecified atom stereocenters. The Kier molecular flexibility index (Phi) is 5.53. The molecule has 0 atom stereocenters. The van der Waals surface area contributed by atoms with Gasteiger partial charge in [0.1, 0.15) is 0 Å². The Morgan fingerprint density at radius 3 is 2.67 bits per heavy atom. The zero-order valence-corrected chi connectivity index (χ0v) is 15.3. The van der Waals surface area contributed by atoms with E-state index in [1.807, 2.05) is 0 Å². The number of anilines is 2. The number of furan rings is 1. The van der Waals surface area contributed by atoms with Gasteiger partial charge in [-0.05, 0) is 25.0 Å². The first-order chi connectivity index (χ1) is 12.9. The lowest BCUT2D eigenvalue weighted by molar-refractivity contribution is -0.151. The Hall–Kier alpha value is -3.17. The maximum atomic E-state index is 12.3. The van der Waals surface area contributed by atoms with Gasteiger partial charge >= 0.3 is 5.97 Å². The maximum absolute atomic E-state index is 12.3. The summed E-state index contributed by atoms with van der Waals surface area (Å²) in [6, 6.07) is 3.30. The third-order valence-electron chi connectivity index (χ3n) is 4.28. The number of piperidine rings is 1. The van der Waals surface area contributed by atoms with Crippen LogP contribution >= 0.6 is 0 Å². The van der Waals surface area contributed by atoms with Crippen LogP contribution in [0.4, 0.5) is 11.9 Å². The molecule has 1 amide bonds. The molecule has 3 heterocycles. The molecule has 10 heteroatoms. The molecule has 3 rings (SSSR count). The van der Waals surface area contributed by atoms with Gasteiger partial charge in [0.2, 0.25) is 11.9 Å². The Morgan fingerprint density at radius 1 is 1.30 bits per heavy atom. The van der Waals surface area contributed by atoms with Crippen LogP contribution in [-0.4, -0.2) is 58.9 Å². The molecule has 1 saturated heterocycles. The number of likely N-dealkylation sites (tertiary alicyclic amines) is 1. The van der Waals surface area contributed by atoms with Crippen molar-refractivity contribution < 1.29 is 18.7 Å². The van der Waals surface area contributed by atoms with Gasteiger partial charge in [0, 0.05) is 27.2 Å². The molecule has 10 nitrogen and oxygen atoms in total. The number of esters is 1. The van der Waals surface area contributed by atoms with Gasteiger partial charge in [-0.1, -0.05) is 0 Å². The van der Waals surface area contributed by atoms with E-state index in [1.54, 1.807) is 36.0 Å². The second kappa shape index (κ2) is 8.02. The number of nitrogen functional groups attached to an aromatic ring is 1. The van der Waals surface area contributed by atoms with Gasteiger partial charge in [0.25, 0.3) is 5.91 Å². The van der Waals surface area contributed by atoms with Gasteiger partial charge in [-0.15, -0.1) is 0 Å². The van der Waals surface area contributed by atoms with Crippen LogP contribution in [-0.2, 0) is 16.1 Å². The zero-order valence-electron chi connectivity index (χ0n) is 15.3.